The number of hydrogen-bond donors (Lipinski definition) is 1. The summed E-state index contributed by atoms with van der Waals surface area (Å²) in [5.41, 5.74) is 0.752. The molecule has 120 valence electrons. The van der Waals surface area contributed by atoms with E-state index in [0.717, 1.165) is 41.9 Å². The van der Waals surface area contributed by atoms with Crippen molar-refractivity contribution in [2.45, 2.75) is 37.5 Å². The Bertz CT molecular complexity index is 518. The molecule has 1 amide bonds. The minimum atomic E-state index is -0.422. The Labute approximate surface area is 136 Å². The van der Waals surface area contributed by atoms with Crippen LogP contribution in [0.2, 0.25) is 0 Å². The van der Waals surface area contributed by atoms with Crippen molar-refractivity contribution in [3.8, 4) is 0 Å². The van der Waals surface area contributed by atoms with Crippen LogP contribution in [0, 0.1) is 5.92 Å². The highest BCUT2D eigenvalue weighted by atomic mass is 32.2. The Kier molecular flexibility index (Phi) is 6.77. The number of thioether (sulfide) groups is 1. The monoisotopic (exact) mass is 321 g/mol. The number of Topliss-reactive ketones (excluding diaryl/α,β-unsaturated/α-hetero) is 1. The molecule has 0 saturated heterocycles. The van der Waals surface area contributed by atoms with Gasteiger partial charge in [0.1, 0.15) is 6.61 Å². The van der Waals surface area contributed by atoms with E-state index in [1.165, 1.54) is 0 Å². The van der Waals surface area contributed by atoms with Gasteiger partial charge in [0.25, 0.3) is 0 Å². The molecule has 1 N–H and O–H groups in total. The number of benzene rings is 1. The van der Waals surface area contributed by atoms with E-state index in [9.17, 15) is 9.59 Å². The number of amides is 1. The molecule has 1 heterocycles. The van der Waals surface area contributed by atoms with Gasteiger partial charge in [0.2, 0.25) is 0 Å². The van der Waals surface area contributed by atoms with Crippen molar-refractivity contribution in [2.24, 2.45) is 5.92 Å². The first-order valence-electron chi connectivity index (χ1n) is 7.89. The fourth-order valence-electron chi connectivity index (χ4n) is 2.41. The highest BCUT2D eigenvalue weighted by Crippen LogP contribution is 2.31. The molecular weight excluding hydrogens is 298 g/mol. The van der Waals surface area contributed by atoms with Gasteiger partial charge in [-0.2, -0.15) is 0 Å². The fourth-order valence-corrected chi connectivity index (χ4v) is 3.53. The summed E-state index contributed by atoms with van der Waals surface area (Å²) in [4.78, 5) is 25.2. The van der Waals surface area contributed by atoms with Gasteiger partial charge in [-0.1, -0.05) is 38.0 Å². The van der Waals surface area contributed by atoms with Crippen molar-refractivity contribution in [3.63, 3.8) is 0 Å². The maximum absolute atomic E-state index is 12.5. The zero-order chi connectivity index (χ0) is 15.8. The largest absolute Gasteiger partial charge is 0.449 e. The van der Waals surface area contributed by atoms with Gasteiger partial charge in [0.05, 0.1) is 5.92 Å². The standard InChI is InChI=1S/C17H23NO3S/c1-2-3-6-10-18-17(20)21-12-13-9-11-22-15-8-5-4-7-14(15)16(13)19/h4-5,7-8,13H,2-3,6,9-12H2,1H3,(H,18,20). The van der Waals surface area contributed by atoms with Crippen molar-refractivity contribution >= 4 is 23.6 Å². The Morgan fingerprint density at radius 1 is 1.36 bits per heavy atom. The summed E-state index contributed by atoms with van der Waals surface area (Å²) in [5.74, 6) is 0.714. The number of alkyl carbamates (subject to hydrolysis) is 1. The van der Waals surface area contributed by atoms with Gasteiger partial charge in [0, 0.05) is 17.0 Å². The van der Waals surface area contributed by atoms with E-state index in [-0.39, 0.29) is 18.3 Å². The molecule has 0 saturated carbocycles. The number of hydrogen-bond acceptors (Lipinski definition) is 4. The molecule has 4 nitrogen and oxygen atoms in total. The van der Waals surface area contributed by atoms with Crippen molar-refractivity contribution in [1.82, 2.24) is 5.32 Å². The molecule has 0 bridgehead atoms. The summed E-state index contributed by atoms with van der Waals surface area (Å²) in [6.07, 6.45) is 3.48. The number of ether oxygens (including phenoxy) is 1. The lowest BCUT2D eigenvalue weighted by molar-refractivity contribution is 0.0809. The highest BCUT2D eigenvalue weighted by Gasteiger charge is 2.26. The normalized spacial score (nSPS) is 17.5. The van der Waals surface area contributed by atoms with Crippen LogP contribution in [-0.2, 0) is 4.74 Å². The molecule has 1 aliphatic rings. The second-order valence-electron chi connectivity index (χ2n) is 5.43. The van der Waals surface area contributed by atoms with Gasteiger partial charge in [-0.15, -0.1) is 11.8 Å². The first kappa shape index (κ1) is 16.9. The number of ketones is 1. The number of carbonyl (C=O) groups excluding carboxylic acids is 2. The Balaban J connectivity index is 1.83. The van der Waals surface area contributed by atoms with Gasteiger partial charge in [-0.05, 0) is 24.7 Å². The van der Waals surface area contributed by atoms with Crippen LogP contribution in [0.5, 0.6) is 0 Å². The van der Waals surface area contributed by atoms with Crippen LogP contribution in [0.25, 0.3) is 0 Å². The number of fused-ring (bicyclic) bond motifs is 1. The van der Waals surface area contributed by atoms with Crippen LogP contribution in [-0.4, -0.2) is 30.8 Å². The third kappa shape index (κ3) is 4.77. The summed E-state index contributed by atoms with van der Waals surface area (Å²) in [7, 11) is 0. The summed E-state index contributed by atoms with van der Waals surface area (Å²) < 4.78 is 5.22. The van der Waals surface area contributed by atoms with Crippen molar-refractivity contribution < 1.29 is 14.3 Å². The molecule has 1 aromatic rings. The molecule has 0 fully saturated rings. The summed E-state index contributed by atoms with van der Waals surface area (Å²) in [6.45, 7) is 2.91. The first-order chi connectivity index (χ1) is 10.7. The maximum atomic E-state index is 12.5. The second kappa shape index (κ2) is 8.83. The molecule has 22 heavy (non-hydrogen) atoms. The molecule has 1 aliphatic heterocycles. The van der Waals surface area contributed by atoms with E-state index in [2.05, 4.69) is 12.2 Å². The molecule has 5 heteroatoms. The molecule has 1 aromatic carbocycles. The van der Waals surface area contributed by atoms with Crippen molar-refractivity contribution in [1.29, 1.82) is 0 Å². The third-order valence-electron chi connectivity index (χ3n) is 3.71. The predicted molar refractivity (Wildman–Crippen MR) is 88.5 cm³/mol. The van der Waals surface area contributed by atoms with Crippen LogP contribution in [0.1, 0.15) is 43.0 Å². The molecule has 1 unspecified atom stereocenters. The lowest BCUT2D eigenvalue weighted by Gasteiger charge is -2.14. The SMILES string of the molecule is CCCCCNC(=O)OCC1CCSc2ccccc2C1=O. The number of rotatable bonds is 6. The minimum Gasteiger partial charge on any atom is -0.449 e. The molecular formula is C17H23NO3S. The van der Waals surface area contributed by atoms with Gasteiger partial charge in [-0.3, -0.25) is 4.79 Å². The van der Waals surface area contributed by atoms with Crippen LogP contribution in [0.3, 0.4) is 0 Å². The van der Waals surface area contributed by atoms with Crippen molar-refractivity contribution in [2.75, 3.05) is 18.9 Å². The zero-order valence-electron chi connectivity index (χ0n) is 13.0. The lowest BCUT2D eigenvalue weighted by atomic mass is 9.96. The summed E-state index contributed by atoms with van der Waals surface area (Å²) in [5, 5.41) is 2.73. The number of carbonyl (C=O) groups is 2. The van der Waals surface area contributed by atoms with E-state index in [0.29, 0.717) is 6.54 Å². The van der Waals surface area contributed by atoms with E-state index in [1.807, 2.05) is 24.3 Å². The molecule has 0 aromatic heterocycles. The topological polar surface area (TPSA) is 55.4 Å². The average molecular weight is 321 g/mol. The van der Waals surface area contributed by atoms with E-state index >= 15 is 0 Å². The third-order valence-corrected chi connectivity index (χ3v) is 4.82. The van der Waals surface area contributed by atoms with E-state index in [4.69, 9.17) is 4.74 Å². The molecule has 2 rings (SSSR count). The van der Waals surface area contributed by atoms with Gasteiger partial charge in [0.15, 0.2) is 5.78 Å². The molecule has 1 atom stereocenters. The van der Waals surface area contributed by atoms with Crippen LogP contribution in [0.4, 0.5) is 4.79 Å². The van der Waals surface area contributed by atoms with E-state index in [1.54, 1.807) is 11.8 Å². The Hall–Kier alpha value is -1.49. The number of unbranched alkanes of at least 4 members (excludes halogenated alkanes) is 2. The number of nitrogens with one attached hydrogen (secondary N) is 1. The maximum Gasteiger partial charge on any atom is 0.407 e. The smallest absolute Gasteiger partial charge is 0.407 e. The first-order valence-corrected chi connectivity index (χ1v) is 8.87. The van der Waals surface area contributed by atoms with Crippen LogP contribution in [0.15, 0.2) is 29.2 Å². The quantitative estimate of drug-likeness (QED) is 0.807. The van der Waals surface area contributed by atoms with Crippen molar-refractivity contribution in [3.05, 3.63) is 29.8 Å². The van der Waals surface area contributed by atoms with Gasteiger partial charge >= 0.3 is 6.09 Å². The molecule has 0 aliphatic carbocycles. The summed E-state index contributed by atoms with van der Waals surface area (Å²) in [6, 6.07) is 7.65. The lowest BCUT2D eigenvalue weighted by Crippen LogP contribution is -2.29. The Morgan fingerprint density at radius 2 is 2.18 bits per heavy atom. The second-order valence-corrected chi connectivity index (χ2v) is 6.56. The fraction of sp³-hybridized carbons (Fsp3) is 0.529. The molecule has 0 spiro atoms. The average Bonchev–Trinajstić information content (AvgIpc) is 2.69. The Morgan fingerprint density at radius 3 is 3.00 bits per heavy atom. The van der Waals surface area contributed by atoms with Gasteiger partial charge in [-0.25, -0.2) is 4.79 Å². The molecule has 0 radical (unpaired) electrons. The van der Waals surface area contributed by atoms with E-state index < -0.39 is 6.09 Å². The van der Waals surface area contributed by atoms with Crippen LogP contribution < -0.4 is 5.32 Å². The minimum absolute atomic E-state index is 0.0828. The predicted octanol–water partition coefficient (Wildman–Crippen LogP) is 3.90. The van der Waals surface area contributed by atoms with Crippen LogP contribution >= 0.6 is 11.8 Å². The zero-order valence-corrected chi connectivity index (χ0v) is 13.8. The summed E-state index contributed by atoms with van der Waals surface area (Å²) >= 11 is 1.69. The van der Waals surface area contributed by atoms with Gasteiger partial charge < -0.3 is 10.1 Å². The highest BCUT2D eigenvalue weighted by molar-refractivity contribution is 7.99.